The maximum atomic E-state index is 12.1. The summed E-state index contributed by atoms with van der Waals surface area (Å²) in [7, 11) is 0. The molecule has 2 rings (SSSR count). The third kappa shape index (κ3) is 4.70. The topological polar surface area (TPSA) is 57.6 Å². The van der Waals surface area contributed by atoms with Crippen LogP contribution in [-0.2, 0) is 9.59 Å². The Kier molecular flexibility index (Phi) is 5.56. The zero-order valence-electron chi connectivity index (χ0n) is 11.7. The van der Waals surface area contributed by atoms with Gasteiger partial charge in [0.25, 0.3) is 0 Å². The van der Waals surface area contributed by atoms with Crippen LogP contribution < -0.4 is 0 Å². The Bertz CT molecular complexity index is 548. The second-order valence-electron chi connectivity index (χ2n) is 5.22. The van der Waals surface area contributed by atoms with Crippen LogP contribution in [0, 0.1) is 5.92 Å². The van der Waals surface area contributed by atoms with Crippen molar-refractivity contribution in [2.24, 2.45) is 5.92 Å². The number of halogens is 1. The van der Waals surface area contributed by atoms with Gasteiger partial charge < -0.3 is 10.0 Å². The fourth-order valence-corrected chi connectivity index (χ4v) is 2.90. The molecule has 21 heavy (non-hydrogen) atoms. The van der Waals surface area contributed by atoms with Crippen molar-refractivity contribution in [1.82, 2.24) is 4.90 Å². The van der Waals surface area contributed by atoms with Gasteiger partial charge in [-0.1, -0.05) is 34.1 Å². The molecule has 0 saturated carbocycles. The van der Waals surface area contributed by atoms with Crippen molar-refractivity contribution in [2.45, 2.75) is 19.3 Å². The summed E-state index contributed by atoms with van der Waals surface area (Å²) in [6.45, 7) is 1.27. The smallest absolute Gasteiger partial charge is 0.303 e. The van der Waals surface area contributed by atoms with E-state index in [4.69, 9.17) is 5.11 Å². The minimum Gasteiger partial charge on any atom is -0.481 e. The van der Waals surface area contributed by atoms with Crippen molar-refractivity contribution in [3.05, 3.63) is 40.4 Å². The Morgan fingerprint density at radius 1 is 1.29 bits per heavy atom. The maximum Gasteiger partial charge on any atom is 0.303 e. The first kappa shape index (κ1) is 15.8. The van der Waals surface area contributed by atoms with E-state index >= 15 is 0 Å². The maximum absolute atomic E-state index is 12.1. The molecule has 0 aliphatic carbocycles. The molecule has 5 heteroatoms. The highest BCUT2D eigenvalue weighted by Gasteiger charge is 2.23. The number of hydrogen-bond donors (Lipinski definition) is 1. The summed E-state index contributed by atoms with van der Waals surface area (Å²) in [6.07, 6.45) is 5.12. The number of benzene rings is 1. The van der Waals surface area contributed by atoms with Crippen LogP contribution in [0.25, 0.3) is 6.08 Å². The van der Waals surface area contributed by atoms with E-state index in [9.17, 15) is 9.59 Å². The van der Waals surface area contributed by atoms with Gasteiger partial charge in [-0.2, -0.15) is 0 Å². The van der Waals surface area contributed by atoms with Crippen LogP contribution >= 0.6 is 15.9 Å². The lowest BCUT2D eigenvalue weighted by Crippen LogP contribution is -2.37. The molecule has 1 amide bonds. The lowest BCUT2D eigenvalue weighted by molar-refractivity contribution is -0.138. The third-order valence-corrected chi connectivity index (χ3v) is 4.42. The van der Waals surface area contributed by atoms with E-state index in [1.54, 1.807) is 17.1 Å². The highest BCUT2D eigenvalue weighted by Crippen LogP contribution is 2.21. The molecule has 0 radical (unpaired) electrons. The number of hydrogen-bond acceptors (Lipinski definition) is 2. The number of rotatable bonds is 4. The number of amides is 1. The SMILES string of the molecule is O=C(O)CC1CCN(C(=O)C=Cc2ccccc2Br)CC1. The molecule has 0 aromatic heterocycles. The molecule has 4 nitrogen and oxygen atoms in total. The number of likely N-dealkylation sites (tertiary alicyclic amines) is 1. The second-order valence-corrected chi connectivity index (χ2v) is 6.08. The van der Waals surface area contributed by atoms with E-state index in [2.05, 4.69) is 15.9 Å². The molecule has 1 aromatic carbocycles. The van der Waals surface area contributed by atoms with Gasteiger partial charge in [0.2, 0.25) is 5.91 Å². The first-order chi connectivity index (χ1) is 10.1. The van der Waals surface area contributed by atoms with Crippen LogP contribution in [0.1, 0.15) is 24.8 Å². The number of carboxylic acids is 1. The summed E-state index contributed by atoms with van der Waals surface area (Å²) >= 11 is 3.44. The Hall–Kier alpha value is -1.62. The molecule has 112 valence electrons. The zero-order valence-corrected chi connectivity index (χ0v) is 13.3. The van der Waals surface area contributed by atoms with Gasteiger partial charge in [-0.15, -0.1) is 0 Å². The first-order valence-electron chi connectivity index (χ1n) is 6.99. The quantitative estimate of drug-likeness (QED) is 0.847. The van der Waals surface area contributed by atoms with E-state index in [-0.39, 0.29) is 18.2 Å². The van der Waals surface area contributed by atoms with E-state index in [0.29, 0.717) is 13.1 Å². The van der Waals surface area contributed by atoms with Gasteiger partial charge in [-0.25, -0.2) is 0 Å². The van der Waals surface area contributed by atoms with Crippen molar-refractivity contribution in [3.63, 3.8) is 0 Å². The second kappa shape index (κ2) is 7.41. The zero-order chi connectivity index (χ0) is 15.2. The molecule has 0 bridgehead atoms. The van der Waals surface area contributed by atoms with Gasteiger partial charge in [-0.3, -0.25) is 9.59 Å². The molecule has 0 spiro atoms. The first-order valence-corrected chi connectivity index (χ1v) is 7.79. The van der Waals surface area contributed by atoms with E-state index in [1.165, 1.54) is 0 Å². The molecule has 1 N–H and O–H groups in total. The minimum atomic E-state index is -0.756. The molecule has 1 fully saturated rings. The summed E-state index contributed by atoms with van der Waals surface area (Å²) in [6, 6.07) is 7.72. The van der Waals surface area contributed by atoms with E-state index in [1.807, 2.05) is 24.3 Å². The van der Waals surface area contributed by atoms with Gasteiger partial charge in [0, 0.05) is 30.1 Å². The number of carbonyl (C=O) groups excluding carboxylic acids is 1. The highest BCUT2D eigenvalue weighted by atomic mass is 79.9. The summed E-state index contributed by atoms with van der Waals surface area (Å²) in [5.41, 5.74) is 0.964. The van der Waals surface area contributed by atoms with Gasteiger partial charge in [0.05, 0.1) is 0 Å². The van der Waals surface area contributed by atoms with Crippen LogP contribution in [0.15, 0.2) is 34.8 Å². The molecule has 1 saturated heterocycles. The van der Waals surface area contributed by atoms with Gasteiger partial charge >= 0.3 is 5.97 Å². The van der Waals surface area contributed by atoms with Crippen molar-refractivity contribution in [3.8, 4) is 0 Å². The monoisotopic (exact) mass is 351 g/mol. The molecular weight excluding hydrogens is 334 g/mol. The third-order valence-electron chi connectivity index (χ3n) is 3.70. The molecule has 1 aliphatic rings. The molecule has 0 atom stereocenters. The van der Waals surface area contributed by atoms with Gasteiger partial charge in [0.1, 0.15) is 0 Å². The molecular formula is C16H18BrNO3. The largest absolute Gasteiger partial charge is 0.481 e. The standard InChI is InChI=1S/C16H18BrNO3/c17-14-4-2-1-3-13(14)5-6-15(19)18-9-7-12(8-10-18)11-16(20)21/h1-6,12H,7-11H2,(H,20,21). The number of piperidine rings is 1. The van der Waals surface area contributed by atoms with Crippen LogP contribution in [-0.4, -0.2) is 35.0 Å². The summed E-state index contributed by atoms with van der Waals surface area (Å²) in [5, 5.41) is 8.78. The van der Waals surface area contributed by atoms with E-state index in [0.717, 1.165) is 22.9 Å². The van der Waals surface area contributed by atoms with Crippen LogP contribution in [0.4, 0.5) is 0 Å². The van der Waals surface area contributed by atoms with E-state index < -0.39 is 5.97 Å². The predicted molar refractivity (Wildman–Crippen MR) is 84.7 cm³/mol. The summed E-state index contributed by atoms with van der Waals surface area (Å²) in [4.78, 5) is 24.6. The van der Waals surface area contributed by atoms with Crippen molar-refractivity contribution >= 4 is 33.9 Å². The number of nitrogens with zero attached hydrogens (tertiary/aromatic N) is 1. The lowest BCUT2D eigenvalue weighted by atomic mass is 9.93. The fourth-order valence-electron chi connectivity index (χ4n) is 2.48. The van der Waals surface area contributed by atoms with Crippen LogP contribution in [0.5, 0.6) is 0 Å². The van der Waals surface area contributed by atoms with Crippen molar-refractivity contribution in [1.29, 1.82) is 0 Å². The Balaban J connectivity index is 1.88. The van der Waals surface area contributed by atoms with Crippen molar-refractivity contribution < 1.29 is 14.7 Å². The summed E-state index contributed by atoms with van der Waals surface area (Å²) in [5.74, 6) is -0.577. The fraction of sp³-hybridized carbons (Fsp3) is 0.375. The number of aliphatic carboxylic acids is 1. The molecule has 0 unspecified atom stereocenters. The average Bonchev–Trinajstić information content (AvgIpc) is 2.46. The molecule has 1 aliphatic heterocycles. The van der Waals surface area contributed by atoms with Crippen molar-refractivity contribution in [2.75, 3.05) is 13.1 Å². The minimum absolute atomic E-state index is 0.0143. The van der Waals surface area contributed by atoms with Crippen LogP contribution in [0.2, 0.25) is 0 Å². The predicted octanol–water partition coefficient (Wildman–Crippen LogP) is 3.18. The van der Waals surface area contributed by atoms with Gasteiger partial charge in [0.15, 0.2) is 0 Å². The Morgan fingerprint density at radius 2 is 1.95 bits per heavy atom. The molecule has 1 aromatic rings. The number of carboxylic acid groups (broad SMARTS) is 1. The lowest BCUT2D eigenvalue weighted by Gasteiger charge is -2.30. The summed E-state index contributed by atoms with van der Waals surface area (Å²) < 4.78 is 0.953. The van der Waals surface area contributed by atoms with Crippen LogP contribution in [0.3, 0.4) is 0 Å². The Morgan fingerprint density at radius 3 is 2.57 bits per heavy atom. The Labute approximate surface area is 132 Å². The van der Waals surface area contributed by atoms with Gasteiger partial charge in [-0.05, 0) is 36.5 Å². The number of carbonyl (C=O) groups is 2. The normalized spacial score (nSPS) is 16.3. The molecule has 1 heterocycles. The highest BCUT2D eigenvalue weighted by molar-refractivity contribution is 9.10. The average molecular weight is 352 g/mol.